The molecule has 1 aromatic heterocycles. The van der Waals surface area contributed by atoms with Crippen LogP contribution >= 0.6 is 22.9 Å². The first-order valence-electron chi connectivity index (χ1n) is 6.98. The first-order chi connectivity index (χ1) is 9.53. The lowest BCUT2D eigenvalue weighted by Crippen LogP contribution is -2.45. The molecule has 6 heteroatoms. The molecule has 0 spiro atoms. The Balaban J connectivity index is 3.01. The maximum atomic E-state index is 11.7. The molecule has 114 valence electrons. The van der Waals surface area contributed by atoms with Crippen molar-refractivity contribution in [2.24, 2.45) is 5.73 Å². The van der Waals surface area contributed by atoms with Crippen LogP contribution in [-0.2, 0) is 4.79 Å². The average molecular weight is 318 g/mol. The lowest BCUT2D eigenvalue weighted by molar-refractivity contribution is -0.122. The molecule has 0 radical (unpaired) electrons. The molecule has 2 atom stereocenters. The number of halogens is 1. The quantitative estimate of drug-likeness (QED) is 0.775. The van der Waals surface area contributed by atoms with Crippen LogP contribution in [0.15, 0.2) is 12.1 Å². The number of nitrogens with zero attached hydrogens (tertiary/aromatic N) is 1. The summed E-state index contributed by atoms with van der Waals surface area (Å²) in [6.45, 7) is 5.36. The molecule has 2 unspecified atom stereocenters. The summed E-state index contributed by atoms with van der Waals surface area (Å²) in [5.41, 5.74) is 6.30. The van der Waals surface area contributed by atoms with Gasteiger partial charge < -0.3 is 11.1 Å². The lowest BCUT2D eigenvalue weighted by atomic mass is 10.0. The van der Waals surface area contributed by atoms with E-state index in [9.17, 15) is 4.79 Å². The van der Waals surface area contributed by atoms with Crippen LogP contribution in [0.3, 0.4) is 0 Å². The summed E-state index contributed by atoms with van der Waals surface area (Å²) in [6.07, 6.45) is 1.83. The minimum Gasteiger partial charge on any atom is -0.358 e. The van der Waals surface area contributed by atoms with Gasteiger partial charge >= 0.3 is 0 Å². The fourth-order valence-corrected chi connectivity index (χ4v) is 3.51. The van der Waals surface area contributed by atoms with Crippen LogP contribution in [0.25, 0.3) is 0 Å². The second-order valence-electron chi connectivity index (χ2n) is 4.80. The predicted molar refractivity (Wildman–Crippen MR) is 86.3 cm³/mol. The molecule has 20 heavy (non-hydrogen) atoms. The van der Waals surface area contributed by atoms with Gasteiger partial charge in [0, 0.05) is 18.0 Å². The molecule has 1 amide bonds. The average Bonchev–Trinajstić information content (AvgIpc) is 2.85. The van der Waals surface area contributed by atoms with Gasteiger partial charge in [0.1, 0.15) is 0 Å². The Morgan fingerprint density at radius 3 is 2.65 bits per heavy atom. The van der Waals surface area contributed by atoms with Crippen LogP contribution in [0.1, 0.15) is 37.6 Å². The highest BCUT2D eigenvalue weighted by atomic mass is 35.5. The third kappa shape index (κ3) is 4.74. The molecule has 0 aliphatic carbocycles. The Bertz CT molecular complexity index is 424. The number of thiophene rings is 1. The van der Waals surface area contributed by atoms with Crippen LogP contribution < -0.4 is 11.1 Å². The van der Waals surface area contributed by atoms with Crippen LogP contribution in [0, 0.1) is 0 Å². The molecule has 0 aliphatic heterocycles. The van der Waals surface area contributed by atoms with Gasteiger partial charge in [-0.1, -0.05) is 25.4 Å². The zero-order valence-electron chi connectivity index (χ0n) is 12.4. The molecule has 0 aromatic carbocycles. The Hall–Kier alpha value is -0.620. The molecule has 0 saturated carbocycles. The van der Waals surface area contributed by atoms with Crippen LogP contribution in [-0.4, -0.2) is 37.0 Å². The topological polar surface area (TPSA) is 58.4 Å². The molecule has 1 aromatic rings. The maximum absolute atomic E-state index is 11.7. The summed E-state index contributed by atoms with van der Waals surface area (Å²) < 4.78 is 0.754. The molecule has 3 N–H and O–H groups in total. The molecule has 1 rings (SSSR count). The number of carbonyl (C=O) groups excluding carboxylic acids is 1. The van der Waals surface area contributed by atoms with Gasteiger partial charge in [0.2, 0.25) is 5.91 Å². The molecule has 0 fully saturated rings. The minimum atomic E-state index is -0.0130. The fraction of sp³-hybridized carbons (Fsp3) is 0.643. The first-order valence-corrected chi connectivity index (χ1v) is 8.18. The molecular weight excluding hydrogens is 294 g/mol. The smallest absolute Gasteiger partial charge is 0.233 e. The third-order valence-corrected chi connectivity index (χ3v) is 4.59. The van der Waals surface area contributed by atoms with Crippen molar-refractivity contribution >= 4 is 28.8 Å². The largest absolute Gasteiger partial charge is 0.358 e. The van der Waals surface area contributed by atoms with E-state index in [0.717, 1.165) is 28.6 Å². The summed E-state index contributed by atoms with van der Waals surface area (Å²) in [5.74, 6) is 0.00871. The monoisotopic (exact) mass is 317 g/mol. The Kier molecular flexibility index (Phi) is 7.51. The molecule has 1 heterocycles. The second kappa shape index (κ2) is 8.62. The number of rotatable bonds is 8. The summed E-state index contributed by atoms with van der Waals surface area (Å²) >= 11 is 7.59. The highest BCUT2D eigenvalue weighted by molar-refractivity contribution is 7.16. The number of likely N-dealkylation sites (N-methyl/N-ethyl adjacent to an activating group) is 1. The Labute approximate surface area is 130 Å². The van der Waals surface area contributed by atoms with Gasteiger partial charge in [-0.2, -0.15) is 0 Å². The number of hydrogen-bond acceptors (Lipinski definition) is 4. The first kappa shape index (κ1) is 17.4. The van der Waals surface area contributed by atoms with E-state index >= 15 is 0 Å². The third-order valence-electron chi connectivity index (χ3n) is 3.29. The highest BCUT2D eigenvalue weighted by Gasteiger charge is 2.27. The van der Waals surface area contributed by atoms with E-state index in [2.05, 4.69) is 24.1 Å². The van der Waals surface area contributed by atoms with Crippen molar-refractivity contribution in [3.8, 4) is 0 Å². The van der Waals surface area contributed by atoms with Crippen LogP contribution in [0.2, 0.25) is 4.34 Å². The van der Waals surface area contributed by atoms with E-state index < -0.39 is 0 Å². The Morgan fingerprint density at radius 1 is 1.50 bits per heavy atom. The summed E-state index contributed by atoms with van der Waals surface area (Å²) in [4.78, 5) is 15.0. The van der Waals surface area contributed by atoms with Crippen molar-refractivity contribution in [1.29, 1.82) is 0 Å². The number of carbonyl (C=O) groups is 1. The maximum Gasteiger partial charge on any atom is 0.233 e. The molecular formula is C14H24ClN3OS. The van der Waals surface area contributed by atoms with Gasteiger partial charge in [0.15, 0.2) is 0 Å². The SMILES string of the molecule is CCCN(CC(=O)NC)C(c1ccc(Cl)s1)C(N)CC. The van der Waals surface area contributed by atoms with Crippen molar-refractivity contribution in [3.63, 3.8) is 0 Å². The standard InChI is InChI=1S/C14H24ClN3OS/c1-4-8-18(9-13(19)17-3)14(10(16)5-2)11-6-7-12(15)20-11/h6-7,10,14H,4-5,8-9,16H2,1-3H3,(H,17,19). The normalized spacial score (nSPS) is 14.3. The van der Waals surface area contributed by atoms with Gasteiger partial charge in [-0.3, -0.25) is 9.69 Å². The summed E-state index contributed by atoms with van der Waals surface area (Å²) in [5, 5.41) is 2.68. The molecule has 0 aliphatic rings. The van der Waals surface area contributed by atoms with E-state index in [1.807, 2.05) is 12.1 Å². The van der Waals surface area contributed by atoms with Crippen LogP contribution in [0.4, 0.5) is 0 Å². The van der Waals surface area contributed by atoms with Crippen molar-refractivity contribution < 1.29 is 4.79 Å². The van der Waals surface area contributed by atoms with Crippen molar-refractivity contribution in [3.05, 3.63) is 21.3 Å². The van der Waals surface area contributed by atoms with Gasteiger partial charge in [0.25, 0.3) is 0 Å². The van der Waals surface area contributed by atoms with E-state index in [1.54, 1.807) is 18.4 Å². The number of nitrogens with two attached hydrogens (primary N) is 1. The predicted octanol–water partition coefficient (Wildman–Crippen LogP) is 2.64. The van der Waals surface area contributed by atoms with Gasteiger partial charge in [-0.15, -0.1) is 11.3 Å². The fourth-order valence-electron chi connectivity index (χ4n) is 2.24. The van der Waals surface area contributed by atoms with E-state index in [-0.39, 0.29) is 18.0 Å². The zero-order valence-corrected chi connectivity index (χ0v) is 13.9. The minimum absolute atomic E-state index is 0.00871. The van der Waals surface area contributed by atoms with Crippen molar-refractivity contribution in [1.82, 2.24) is 10.2 Å². The van der Waals surface area contributed by atoms with Crippen molar-refractivity contribution in [2.45, 2.75) is 38.8 Å². The number of nitrogens with one attached hydrogen (secondary N) is 1. The van der Waals surface area contributed by atoms with Gasteiger partial charge in [-0.05, 0) is 31.5 Å². The van der Waals surface area contributed by atoms with Crippen LogP contribution in [0.5, 0.6) is 0 Å². The summed E-state index contributed by atoms with van der Waals surface area (Å²) in [6, 6.07) is 3.93. The van der Waals surface area contributed by atoms with E-state index in [4.69, 9.17) is 17.3 Å². The van der Waals surface area contributed by atoms with Gasteiger partial charge in [-0.25, -0.2) is 0 Å². The zero-order chi connectivity index (χ0) is 15.1. The lowest BCUT2D eigenvalue weighted by Gasteiger charge is -2.34. The van der Waals surface area contributed by atoms with Gasteiger partial charge in [0.05, 0.1) is 16.9 Å². The van der Waals surface area contributed by atoms with E-state index in [0.29, 0.717) is 6.54 Å². The van der Waals surface area contributed by atoms with Crippen molar-refractivity contribution in [2.75, 3.05) is 20.1 Å². The second-order valence-corrected chi connectivity index (χ2v) is 6.55. The molecule has 0 bridgehead atoms. The molecule has 0 saturated heterocycles. The molecule has 4 nitrogen and oxygen atoms in total. The highest BCUT2D eigenvalue weighted by Crippen LogP contribution is 2.33. The number of amides is 1. The van der Waals surface area contributed by atoms with E-state index in [1.165, 1.54) is 0 Å². The Morgan fingerprint density at radius 2 is 2.20 bits per heavy atom. The number of hydrogen-bond donors (Lipinski definition) is 2. The summed E-state index contributed by atoms with van der Waals surface area (Å²) in [7, 11) is 1.66.